The van der Waals surface area contributed by atoms with Gasteiger partial charge in [-0.1, -0.05) is 48.5 Å². The number of benzene rings is 1. The van der Waals surface area contributed by atoms with E-state index in [2.05, 4.69) is 10.7 Å². The first-order chi connectivity index (χ1) is 12.8. The molecule has 0 bridgehead atoms. The maximum absolute atomic E-state index is 12.7. The molecule has 1 saturated heterocycles. The van der Waals surface area contributed by atoms with Crippen LogP contribution in [0.3, 0.4) is 0 Å². The summed E-state index contributed by atoms with van der Waals surface area (Å²) in [4.78, 5) is 38.9. The number of halogens is 2. The Balaban J connectivity index is 1.57. The van der Waals surface area contributed by atoms with Gasteiger partial charge < -0.3 is 5.32 Å². The van der Waals surface area contributed by atoms with Crippen molar-refractivity contribution in [3.63, 3.8) is 0 Å². The molecule has 0 aromatic heterocycles. The molecule has 1 spiro atoms. The first-order valence-electron chi connectivity index (χ1n) is 8.89. The third-order valence-electron chi connectivity index (χ3n) is 4.97. The van der Waals surface area contributed by atoms with Crippen LogP contribution in [-0.4, -0.2) is 46.9 Å². The summed E-state index contributed by atoms with van der Waals surface area (Å²) in [7, 11) is 1.75. The zero-order chi connectivity index (χ0) is 19.6. The zero-order valence-corrected chi connectivity index (χ0v) is 16.6. The molecule has 0 radical (unpaired) electrons. The zero-order valence-electron chi connectivity index (χ0n) is 15.1. The monoisotopic (exact) mass is 412 g/mol. The van der Waals surface area contributed by atoms with Crippen molar-refractivity contribution < 1.29 is 14.4 Å². The number of imide groups is 1. The number of hydrazine groups is 1. The Bertz CT molecular complexity index is 765. The molecule has 3 rings (SSSR count). The molecule has 0 atom stereocenters. The number of carbonyl (C=O) groups is 3. The van der Waals surface area contributed by atoms with Crippen LogP contribution in [0.4, 0.5) is 4.79 Å². The van der Waals surface area contributed by atoms with E-state index in [4.69, 9.17) is 23.2 Å². The van der Waals surface area contributed by atoms with Crippen molar-refractivity contribution in [2.24, 2.45) is 0 Å². The van der Waals surface area contributed by atoms with Crippen LogP contribution in [-0.2, 0) is 16.1 Å². The Labute approximate surface area is 167 Å². The van der Waals surface area contributed by atoms with Crippen LogP contribution >= 0.6 is 23.2 Å². The number of rotatable bonds is 5. The van der Waals surface area contributed by atoms with Gasteiger partial charge in [0, 0.05) is 16.6 Å². The van der Waals surface area contributed by atoms with Gasteiger partial charge >= 0.3 is 6.03 Å². The minimum absolute atomic E-state index is 0.00299. The number of likely N-dealkylation sites (N-methyl/N-ethyl adjacent to an activating group) is 1. The Morgan fingerprint density at radius 1 is 1.26 bits per heavy atom. The van der Waals surface area contributed by atoms with Crippen LogP contribution < -0.4 is 10.7 Å². The van der Waals surface area contributed by atoms with E-state index in [9.17, 15) is 14.4 Å². The van der Waals surface area contributed by atoms with Crippen LogP contribution in [0.2, 0.25) is 10.0 Å². The predicted octanol–water partition coefficient (Wildman–Crippen LogP) is 2.71. The van der Waals surface area contributed by atoms with Crippen molar-refractivity contribution in [2.45, 2.75) is 44.2 Å². The normalized spacial score (nSPS) is 18.9. The van der Waals surface area contributed by atoms with E-state index in [1.807, 2.05) is 0 Å². The van der Waals surface area contributed by atoms with E-state index in [0.717, 1.165) is 29.8 Å². The molecular weight excluding hydrogens is 391 g/mol. The SMILES string of the molecule is CN(CC(=O)NN1C(=O)NC2(CCCCC2)C1=O)Cc1ccc(Cl)cc1Cl. The van der Waals surface area contributed by atoms with Gasteiger partial charge in [-0.05, 0) is 37.6 Å². The van der Waals surface area contributed by atoms with Gasteiger partial charge in [-0.3, -0.25) is 19.9 Å². The lowest BCUT2D eigenvalue weighted by molar-refractivity contribution is -0.140. The number of hydrogen-bond donors (Lipinski definition) is 2. The summed E-state index contributed by atoms with van der Waals surface area (Å²) in [6.07, 6.45) is 4.05. The van der Waals surface area contributed by atoms with Crippen LogP contribution in [0.15, 0.2) is 18.2 Å². The number of nitrogens with zero attached hydrogens (tertiary/aromatic N) is 2. The molecule has 1 aromatic carbocycles. The molecule has 2 fully saturated rings. The second kappa shape index (κ2) is 8.04. The standard InChI is InChI=1S/C18H22Cl2N4O3/c1-23(10-12-5-6-13(19)9-14(12)20)11-15(25)22-24-16(26)18(21-17(24)27)7-3-2-4-8-18/h5-6,9H,2-4,7-8,10-11H2,1H3,(H,21,27)(H,22,25). The van der Waals surface area contributed by atoms with Gasteiger partial charge in [0.1, 0.15) is 5.54 Å². The van der Waals surface area contributed by atoms with Gasteiger partial charge in [-0.15, -0.1) is 0 Å². The minimum atomic E-state index is -0.856. The number of amides is 4. The molecule has 9 heteroatoms. The van der Waals surface area contributed by atoms with Crippen molar-refractivity contribution in [1.82, 2.24) is 20.7 Å². The fourth-order valence-electron chi connectivity index (χ4n) is 3.62. The maximum atomic E-state index is 12.7. The van der Waals surface area contributed by atoms with E-state index < -0.39 is 17.5 Å². The first kappa shape index (κ1) is 19.9. The molecule has 2 aliphatic rings. The highest BCUT2D eigenvalue weighted by Gasteiger charge is 2.52. The molecule has 1 heterocycles. The van der Waals surface area contributed by atoms with Crippen LogP contribution in [0.25, 0.3) is 0 Å². The summed E-state index contributed by atoms with van der Waals surface area (Å²) in [6, 6.07) is 4.60. The van der Waals surface area contributed by atoms with Gasteiger partial charge in [-0.2, -0.15) is 5.01 Å². The van der Waals surface area contributed by atoms with Crippen molar-refractivity contribution in [1.29, 1.82) is 0 Å². The number of hydrogen-bond acceptors (Lipinski definition) is 4. The molecular formula is C18H22Cl2N4O3. The average Bonchev–Trinajstić information content (AvgIpc) is 2.82. The van der Waals surface area contributed by atoms with Crippen molar-refractivity contribution in [2.75, 3.05) is 13.6 Å². The summed E-state index contributed by atoms with van der Waals surface area (Å²) in [5.74, 6) is -0.817. The Kier molecular flexibility index (Phi) is 5.93. The fourth-order valence-corrected chi connectivity index (χ4v) is 4.09. The molecule has 0 unspecified atom stereocenters. The highest BCUT2D eigenvalue weighted by atomic mass is 35.5. The second-order valence-corrected chi connectivity index (χ2v) is 8.00. The minimum Gasteiger partial charge on any atom is -0.322 e. The van der Waals surface area contributed by atoms with Gasteiger partial charge in [0.15, 0.2) is 0 Å². The van der Waals surface area contributed by atoms with E-state index >= 15 is 0 Å². The third kappa shape index (κ3) is 4.36. The highest BCUT2D eigenvalue weighted by Crippen LogP contribution is 2.33. The molecule has 1 aromatic rings. The van der Waals surface area contributed by atoms with Crippen LogP contribution in [0, 0.1) is 0 Å². The Hall–Kier alpha value is -1.83. The van der Waals surface area contributed by atoms with E-state index in [-0.39, 0.29) is 12.5 Å². The molecule has 1 saturated carbocycles. The molecule has 4 amide bonds. The summed E-state index contributed by atoms with van der Waals surface area (Å²) in [5, 5.41) is 4.63. The van der Waals surface area contributed by atoms with E-state index in [1.54, 1.807) is 30.1 Å². The third-order valence-corrected chi connectivity index (χ3v) is 5.56. The lowest BCUT2D eigenvalue weighted by Gasteiger charge is -2.30. The van der Waals surface area contributed by atoms with Crippen molar-refractivity contribution in [3.8, 4) is 0 Å². The molecule has 7 nitrogen and oxygen atoms in total. The van der Waals surface area contributed by atoms with Crippen molar-refractivity contribution >= 4 is 41.0 Å². The first-order valence-corrected chi connectivity index (χ1v) is 9.65. The number of carbonyl (C=O) groups excluding carboxylic acids is 3. The quantitative estimate of drug-likeness (QED) is 0.728. The van der Waals surface area contributed by atoms with E-state index in [1.165, 1.54) is 0 Å². The van der Waals surface area contributed by atoms with Crippen LogP contribution in [0.1, 0.15) is 37.7 Å². The lowest BCUT2D eigenvalue weighted by Crippen LogP contribution is -2.52. The molecule has 27 heavy (non-hydrogen) atoms. The Morgan fingerprint density at radius 3 is 2.63 bits per heavy atom. The molecule has 2 N–H and O–H groups in total. The number of nitrogens with one attached hydrogen (secondary N) is 2. The lowest BCUT2D eigenvalue weighted by atomic mass is 9.82. The fraction of sp³-hybridized carbons (Fsp3) is 0.500. The molecule has 146 valence electrons. The average molecular weight is 413 g/mol. The maximum Gasteiger partial charge on any atom is 0.344 e. The van der Waals surface area contributed by atoms with Gasteiger partial charge in [-0.25, -0.2) is 4.79 Å². The van der Waals surface area contributed by atoms with Crippen LogP contribution in [0.5, 0.6) is 0 Å². The van der Waals surface area contributed by atoms with E-state index in [0.29, 0.717) is 29.4 Å². The van der Waals surface area contributed by atoms with Gasteiger partial charge in [0.2, 0.25) is 0 Å². The smallest absolute Gasteiger partial charge is 0.322 e. The summed E-state index contributed by atoms with van der Waals surface area (Å²) in [5.41, 5.74) is 2.40. The predicted molar refractivity (Wildman–Crippen MR) is 102 cm³/mol. The van der Waals surface area contributed by atoms with Gasteiger partial charge in [0.25, 0.3) is 11.8 Å². The topological polar surface area (TPSA) is 81.8 Å². The highest BCUT2D eigenvalue weighted by molar-refractivity contribution is 6.35. The summed E-state index contributed by atoms with van der Waals surface area (Å²) >= 11 is 12.0. The van der Waals surface area contributed by atoms with Gasteiger partial charge in [0.05, 0.1) is 6.54 Å². The summed E-state index contributed by atoms with van der Waals surface area (Å²) in [6.45, 7) is 0.427. The number of urea groups is 1. The second-order valence-electron chi connectivity index (χ2n) is 7.16. The van der Waals surface area contributed by atoms with Crippen molar-refractivity contribution in [3.05, 3.63) is 33.8 Å². The molecule has 1 aliphatic heterocycles. The Morgan fingerprint density at radius 2 is 1.96 bits per heavy atom. The molecule has 1 aliphatic carbocycles. The largest absolute Gasteiger partial charge is 0.344 e. The summed E-state index contributed by atoms with van der Waals surface area (Å²) < 4.78 is 0.